The fourth-order valence-corrected chi connectivity index (χ4v) is 3.11. The van der Waals surface area contributed by atoms with Crippen LogP contribution in [0.3, 0.4) is 0 Å². The van der Waals surface area contributed by atoms with E-state index >= 15 is 0 Å². The third-order valence-electron chi connectivity index (χ3n) is 4.34. The summed E-state index contributed by atoms with van der Waals surface area (Å²) in [5, 5.41) is 20.9. The summed E-state index contributed by atoms with van der Waals surface area (Å²) in [5.41, 5.74) is 1.65. The number of nitrogens with zero attached hydrogens (tertiary/aromatic N) is 1. The summed E-state index contributed by atoms with van der Waals surface area (Å²) in [7, 11) is 2.75. The predicted molar refractivity (Wildman–Crippen MR) is 92.7 cm³/mol. The van der Waals surface area contributed by atoms with E-state index in [9.17, 15) is 19.8 Å². The number of aromatic hydroxyl groups is 1. The van der Waals surface area contributed by atoms with Gasteiger partial charge in [-0.15, -0.1) is 0 Å². The van der Waals surface area contributed by atoms with E-state index in [1.165, 1.54) is 26.4 Å². The molecule has 2 aromatic rings. The quantitative estimate of drug-likeness (QED) is 0.807. The van der Waals surface area contributed by atoms with E-state index in [0.717, 1.165) is 0 Å². The molecule has 0 radical (unpaired) electrons. The molecule has 0 aromatic heterocycles. The van der Waals surface area contributed by atoms with Gasteiger partial charge in [0.1, 0.15) is 17.5 Å². The highest BCUT2D eigenvalue weighted by Crippen LogP contribution is 2.43. The molecule has 0 aliphatic carbocycles. The summed E-state index contributed by atoms with van der Waals surface area (Å²) in [6.07, 6.45) is 1.63. The molecule has 1 N–H and O–H groups in total. The molecular formula is C19H17NO6. The molecule has 0 bridgehead atoms. The number of amides is 1. The summed E-state index contributed by atoms with van der Waals surface area (Å²) < 4.78 is 4.48. The minimum absolute atomic E-state index is 0.0535. The number of fused-ring (bicyclic) bond motifs is 1. The number of rotatable bonds is 5. The summed E-state index contributed by atoms with van der Waals surface area (Å²) in [5.74, 6) is -1.45. The Morgan fingerprint density at radius 3 is 2.42 bits per heavy atom. The van der Waals surface area contributed by atoms with Crippen molar-refractivity contribution in [3.05, 3.63) is 53.6 Å². The average Bonchev–Trinajstić information content (AvgIpc) is 2.63. The van der Waals surface area contributed by atoms with Crippen molar-refractivity contribution in [1.82, 2.24) is 4.65 Å². The fourth-order valence-electron chi connectivity index (χ4n) is 3.11. The molecule has 0 fully saturated rings. The van der Waals surface area contributed by atoms with Crippen LogP contribution >= 0.6 is 0 Å². The van der Waals surface area contributed by atoms with Crippen molar-refractivity contribution >= 4 is 29.2 Å². The number of quaternary nitrogens is 1. The van der Waals surface area contributed by atoms with Crippen LogP contribution < -0.4 is 14.5 Å². The van der Waals surface area contributed by atoms with Crippen molar-refractivity contribution in [2.24, 2.45) is 0 Å². The third-order valence-corrected chi connectivity index (χ3v) is 4.34. The minimum Gasteiger partial charge on any atom is -0.544 e. The van der Waals surface area contributed by atoms with Crippen LogP contribution in [0.1, 0.15) is 11.1 Å². The Morgan fingerprint density at radius 1 is 1.15 bits per heavy atom. The molecular weight excluding hydrogens is 338 g/mol. The number of phenols is 1. The first-order valence-corrected chi connectivity index (χ1v) is 7.80. The number of hydrogen-bond donors (Lipinski definition) is 1. The maximum atomic E-state index is 13.2. The van der Waals surface area contributed by atoms with Crippen LogP contribution in [0.4, 0.5) is 5.69 Å². The van der Waals surface area contributed by atoms with Gasteiger partial charge >= 0.3 is 5.91 Å². The third kappa shape index (κ3) is 2.73. The van der Waals surface area contributed by atoms with E-state index in [1.54, 1.807) is 36.4 Å². The Balaban J connectivity index is 2.30. The molecule has 1 aliphatic rings. The molecule has 26 heavy (non-hydrogen) atoms. The molecule has 1 amide bonds. The number of phenolic OH excluding ortho intramolecular Hbond substituents is 1. The Kier molecular flexibility index (Phi) is 4.50. The van der Waals surface area contributed by atoms with Gasteiger partial charge in [-0.3, -0.25) is 0 Å². The van der Waals surface area contributed by atoms with Crippen LogP contribution in [0.5, 0.6) is 11.5 Å². The zero-order valence-electron chi connectivity index (χ0n) is 14.3. The molecule has 0 saturated heterocycles. The first-order valence-electron chi connectivity index (χ1n) is 7.80. The van der Waals surface area contributed by atoms with Gasteiger partial charge in [0.25, 0.3) is 0 Å². The zero-order chi connectivity index (χ0) is 18.9. The lowest BCUT2D eigenvalue weighted by molar-refractivity contribution is -0.310. The number of carboxylic acid groups (broad SMARTS) is 1. The number of benzene rings is 2. The number of hydroxylamine groups is 2. The molecule has 134 valence electrons. The molecule has 0 spiro atoms. The number of aliphatic carboxylic acids is 1. The molecule has 1 heterocycles. The van der Waals surface area contributed by atoms with Crippen molar-refractivity contribution < 1.29 is 29.4 Å². The van der Waals surface area contributed by atoms with E-state index in [4.69, 9.17) is 9.57 Å². The molecule has 1 unspecified atom stereocenters. The van der Waals surface area contributed by atoms with Gasteiger partial charge in [-0.2, -0.15) is 4.84 Å². The Hall–Kier alpha value is -3.16. The van der Waals surface area contributed by atoms with Crippen LogP contribution in [-0.4, -0.2) is 37.7 Å². The maximum absolute atomic E-state index is 13.2. The summed E-state index contributed by atoms with van der Waals surface area (Å²) >= 11 is 0. The second-order valence-electron chi connectivity index (χ2n) is 5.76. The molecule has 7 heteroatoms. The van der Waals surface area contributed by atoms with Crippen LogP contribution in [0, 0.1) is 0 Å². The molecule has 2 aromatic carbocycles. The van der Waals surface area contributed by atoms with Crippen LogP contribution in [0.2, 0.25) is 0 Å². The first kappa shape index (κ1) is 17.7. The fraction of sp³-hybridized carbons (Fsp3) is 0.158. The molecule has 1 atom stereocenters. The van der Waals surface area contributed by atoms with Crippen LogP contribution in [-0.2, 0) is 14.4 Å². The monoisotopic (exact) mass is 355 g/mol. The van der Waals surface area contributed by atoms with Gasteiger partial charge in [0.2, 0.25) is 0 Å². The lowest BCUT2D eigenvalue weighted by atomic mass is 9.95. The highest BCUT2D eigenvalue weighted by atomic mass is 16.7. The van der Waals surface area contributed by atoms with E-state index in [1.807, 2.05) is 0 Å². The Bertz CT molecular complexity index is 903. The maximum Gasteiger partial charge on any atom is 0.384 e. The second kappa shape index (κ2) is 6.62. The Morgan fingerprint density at radius 2 is 1.85 bits per heavy atom. The molecule has 7 nitrogen and oxygen atoms in total. The van der Waals surface area contributed by atoms with Crippen molar-refractivity contribution in [1.29, 1.82) is 0 Å². The summed E-state index contributed by atoms with van der Waals surface area (Å²) in [4.78, 5) is 30.1. The van der Waals surface area contributed by atoms with E-state index < -0.39 is 23.1 Å². The number of ether oxygens (including phenoxy) is 1. The molecule has 0 saturated carbocycles. The van der Waals surface area contributed by atoms with Crippen molar-refractivity contribution in [2.45, 2.75) is 0 Å². The zero-order valence-corrected chi connectivity index (χ0v) is 14.3. The van der Waals surface area contributed by atoms with Crippen LogP contribution in [0.25, 0.3) is 11.6 Å². The van der Waals surface area contributed by atoms with Gasteiger partial charge in [0.15, 0.2) is 12.2 Å². The number of carbonyl (C=O) groups excluding carboxylic acids is 2. The molecule has 3 rings (SSSR count). The minimum atomic E-state index is -1.43. The van der Waals surface area contributed by atoms with Crippen molar-refractivity contribution in [3.8, 4) is 11.5 Å². The van der Waals surface area contributed by atoms with Crippen molar-refractivity contribution in [3.63, 3.8) is 0 Å². The average molecular weight is 355 g/mol. The van der Waals surface area contributed by atoms with E-state index in [0.29, 0.717) is 22.6 Å². The number of hydrogen-bond acceptors (Lipinski definition) is 6. The highest BCUT2D eigenvalue weighted by molar-refractivity contribution is 6.30. The van der Waals surface area contributed by atoms with Gasteiger partial charge in [0.05, 0.1) is 25.4 Å². The number of carboxylic acids is 1. The predicted octanol–water partition coefficient (Wildman–Crippen LogP) is 1.10. The Labute approximate surface area is 149 Å². The number of carbonyl (C=O) groups is 2. The van der Waals surface area contributed by atoms with E-state index in [2.05, 4.69) is 0 Å². The lowest BCUT2D eigenvalue weighted by Crippen LogP contribution is -2.59. The SMILES string of the molecule is COc1cccc2c1C=C(c1ccc(O)cc1)C(=O)[N+]2(CC(=O)[O-])OC. The topological polar surface area (TPSA) is 95.9 Å². The normalized spacial score (nSPS) is 18.8. The van der Waals surface area contributed by atoms with Crippen LogP contribution in [0.15, 0.2) is 42.5 Å². The first-order chi connectivity index (χ1) is 12.4. The summed E-state index contributed by atoms with van der Waals surface area (Å²) in [6, 6.07) is 11.0. The highest BCUT2D eigenvalue weighted by Gasteiger charge is 2.48. The van der Waals surface area contributed by atoms with Gasteiger partial charge in [-0.25, -0.2) is 4.79 Å². The standard InChI is InChI=1S/C19H17NO6/c1-25-17-5-3-4-16-15(17)10-14(12-6-8-13(21)9-7-12)19(24)20(16,26-2)11-18(22)23/h3-10H,11H2,1-2H3,(H-,21,22,23). The lowest BCUT2D eigenvalue weighted by Gasteiger charge is -2.35. The van der Waals surface area contributed by atoms with Gasteiger partial charge in [-0.05, 0) is 29.8 Å². The van der Waals surface area contributed by atoms with E-state index in [-0.39, 0.29) is 11.3 Å². The summed E-state index contributed by atoms with van der Waals surface area (Å²) in [6.45, 7) is -0.690. The van der Waals surface area contributed by atoms with Crippen molar-refractivity contribution in [2.75, 3.05) is 20.8 Å². The van der Waals surface area contributed by atoms with Gasteiger partial charge < -0.3 is 19.7 Å². The number of methoxy groups -OCH3 is 1. The van der Waals surface area contributed by atoms with Gasteiger partial charge in [-0.1, -0.05) is 22.8 Å². The van der Waals surface area contributed by atoms with Gasteiger partial charge in [0, 0.05) is 6.07 Å². The second-order valence-corrected chi connectivity index (χ2v) is 5.76. The smallest absolute Gasteiger partial charge is 0.384 e. The molecule has 1 aliphatic heterocycles. The largest absolute Gasteiger partial charge is 0.544 e.